The second kappa shape index (κ2) is 7.06. The van der Waals surface area contributed by atoms with E-state index >= 15 is 0 Å². The first-order valence-corrected chi connectivity index (χ1v) is 7.31. The molecule has 2 nitrogen and oxygen atoms in total. The van der Waals surface area contributed by atoms with E-state index in [2.05, 4.69) is 76.1 Å². The van der Waals surface area contributed by atoms with Gasteiger partial charge in [0, 0.05) is 18.1 Å². The molecule has 0 spiro atoms. The third-order valence-corrected chi connectivity index (χ3v) is 3.41. The fourth-order valence-electron chi connectivity index (χ4n) is 1.86. The van der Waals surface area contributed by atoms with Crippen molar-refractivity contribution in [2.24, 2.45) is 0 Å². The molecule has 0 bridgehead atoms. The zero-order valence-electron chi connectivity index (χ0n) is 13.5. The van der Waals surface area contributed by atoms with Gasteiger partial charge in [-0.1, -0.05) is 24.3 Å². The number of rotatable bonds is 6. The molecule has 1 aromatic carbocycles. The second-order valence-electron chi connectivity index (χ2n) is 6.75. The monoisotopic (exact) mass is 262 g/mol. The Hall–Kier alpha value is -0.860. The van der Waals surface area contributed by atoms with E-state index in [0.717, 1.165) is 19.5 Å². The number of nitrogens with one attached hydrogen (secondary N) is 1. The maximum absolute atomic E-state index is 3.52. The van der Waals surface area contributed by atoms with Crippen LogP contribution in [0.15, 0.2) is 24.3 Å². The van der Waals surface area contributed by atoms with E-state index in [4.69, 9.17) is 0 Å². The largest absolute Gasteiger partial charge is 0.312 e. The van der Waals surface area contributed by atoms with Crippen molar-refractivity contribution in [3.8, 4) is 0 Å². The molecule has 0 aliphatic rings. The Morgan fingerprint density at radius 3 is 2.05 bits per heavy atom. The number of nitrogens with zero attached hydrogens (tertiary/aromatic N) is 1. The molecule has 0 radical (unpaired) electrons. The van der Waals surface area contributed by atoms with Crippen molar-refractivity contribution < 1.29 is 0 Å². The van der Waals surface area contributed by atoms with E-state index in [1.807, 2.05) is 0 Å². The van der Waals surface area contributed by atoms with E-state index in [1.54, 1.807) is 0 Å². The predicted molar refractivity (Wildman–Crippen MR) is 84.5 cm³/mol. The van der Waals surface area contributed by atoms with Gasteiger partial charge in [0.15, 0.2) is 0 Å². The van der Waals surface area contributed by atoms with Crippen LogP contribution in [0.5, 0.6) is 0 Å². The molecule has 0 saturated carbocycles. The van der Waals surface area contributed by atoms with Crippen LogP contribution in [-0.4, -0.2) is 30.1 Å². The molecule has 0 atom stereocenters. The van der Waals surface area contributed by atoms with E-state index < -0.39 is 0 Å². The molecule has 1 rings (SSSR count). The lowest BCUT2D eigenvalue weighted by atomic mass is 10.1. The highest BCUT2D eigenvalue weighted by atomic mass is 15.1. The SMILES string of the molecule is CC(C)N(C)Cc1ccc(CCNC(C)(C)C)cc1. The number of hydrogen-bond acceptors (Lipinski definition) is 2. The summed E-state index contributed by atoms with van der Waals surface area (Å²) >= 11 is 0. The highest BCUT2D eigenvalue weighted by Crippen LogP contribution is 2.09. The predicted octanol–water partition coefficient (Wildman–Crippen LogP) is 3.46. The summed E-state index contributed by atoms with van der Waals surface area (Å²) in [4.78, 5) is 2.36. The quantitative estimate of drug-likeness (QED) is 0.844. The molecule has 1 N–H and O–H groups in total. The molecule has 0 unspecified atom stereocenters. The molecule has 0 aliphatic heterocycles. The van der Waals surface area contributed by atoms with Gasteiger partial charge in [0.2, 0.25) is 0 Å². The topological polar surface area (TPSA) is 15.3 Å². The van der Waals surface area contributed by atoms with Crippen LogP contribution in [0, 0.1) is 0 Å². The van der Waals surface area contributed by atoms with Crippen LogP contribution in [-0.2, 0) is 13.0 Å². The summed E-state index contributed by atoms with van der Waals surface area (Å²) in [7, 11) is 2.17. The minimum atomic E-state index is 0.208. The smallest absolute Gasteiger partial charge is 0.0233 e. The van der Waals surface area contributed by atoms with Gasteiger partial charge in [-0.15, -0.1) is 0 Å². The minimum absolute atomic E-state index is 0.208. The van der Waals surface area contributed by atoms with Crippen molar-refractivity contribution in [3.05, 3.63) is 35.4 Å². The van der Waals surface area contributed by atoms with Crippen LogP contribution in [0.2, 0.25) is 0 Å². The maximum Gasteiger partial charge on any atom is 0.0233 e. The zero-order valence-corrected chi connectivity index (χ0v) is 13.5. The average molecular weight is 262 g/mol. The Bertz CT molecular complexity index is 360. The molecule has 0 aliphatic carbocycles. The third-order valence-electron chi connectivity index (χ3n) is 3.41. The molecule has 0 fully saturated rings. The van der Waals surface area contributed by atoms with Crippen molar-refractivity contribution in [3.63, 3.8) is 0 Å². The normalized spacial score (nSPS) is 12.4. The number of hydrogen-bond donors (Lipinski definition) is 1. The van der Waals surface area contributed by atoms with Gasteiger partial charge in [0.05, 0.1) is 0 Å². The summed E-state index contributed by atoms with van der Waals surface area (Å²) < 4.78 is 0. The number of benzene rings is 1. The molecule has 0 saturated heterocycles. The van der Waals surface area contributed by atoms with Gasteiger partial charge in [-0.25, -0.2) is 0 Å². The molecule has 0 heterocycles. The van der Waals surface area contributed by atoms with Crippen molar-refractivity contribution in [1.82, 2.24) is 10.2 Å². The molecular weight excluding hydrogens is 232 g/mol. The standard InChI is InChI=1S/C17H30N2/c1-14(2)19(6)13-16-9-7-15(8-10-16)11-12-18-17(3,4)5/h7-10,14,18H,11-13H2,1-6H3. The molecule has 1 aromatic rings. The summed E-state index contributed by atoms with van der Waals surface area (Å²) in [5, 5.41) is 3.52. The first-order valence-electron chi connectivity index (χ1n) is 7.31. The fraction of sp³-hybridized carbons (Fsp3) is 0.647. The summed E-state index contributed by atoms with van der Waals surface area (Å²) in [5.41, 5.74) is 3.01. The van der Waals surface area contributed by atoms with E-state index in [1.165, 1.54) is 11.1 Å². The lowest BCUT2D eigenvalue weighted by Gasteiger charge is -2.21. The van der Waals surface area contributed by atoms with Gasteiger partial charge >= 0.3 is 0 Å². The van der Waals surface area contributed by atoms with Gasteiger partial charge in [-0.05, 0) is 65.8 Å². The summed E-state index contributed by atoms with van der Waals surface area (Å²) in [6, 6.07) is 9.62. The van der Waals surface area contributed by atoms with Gasteiger partial charge in [0.25, 0.3) is 0 Å². The Morgan fingerprint density at radius 2 is 1.58 bits per heavy atom. The molecular formula is C17H30N2. The van der Waals surface area contributed by atoms with Gasteiger partial charge in [0.1, 0.15) is 0 Å². The van der Waals surface area contributed by atoms with Gasteiger partial charge in [-0.3, -0.25) is 4.90 Å². The van der Waals surface area contributed by atoms with E-state index in [0.29, 0.717) is 6.04 Å². The van der Waals surface area contributed by atoms with E-state index in [9.17, 15) is 0 Å². The van der Waals surface area contributed by atoms with Crippen molar-refractivity contribution in [1.29, 1.82) is 0 Å². The second-order valence-corrected chi connectivity index (χ2v) is 6.75. The minimum Gasteiger partial charge on any atom is -0.312 e. The summed E-state index contributed by atoms with van der Waals surface area (Å²) in [6.07, 6.45) is 1.09. The van der Waals surface area contributed by atoms with Crippen LogP contribution in [0.1, 0.15) is 45.7 Å². The highest BCUT2D eigenvalue weighted by molar-refractivity contribution is 5.22. The Labute approximate surface area is 119 Å². The maximum atomic E-state index is 3.52. The summed E-state index contributed by atoms with van der Waals surface area (Å²) in [5.74, 6) is 0. The molecule has 0 amide bonds. The highest BCUT2D eigenvalue weighted by Gasteiger charge is 2.08. The van der Waals surface area contributed by atoms with Crippen LogP contribution in [0.4, 0.5) is 0 Å². The third kappa shape index (κ3) is 6.74. The molecule has 0 aromatic heterocycles. The molecule has 19 heavy (non-hydrogen) atoms. The Morgan fingerprint density at radius 1 is 1.05 bits per heavy atom. The van der Waals surface area contributed by atoms with Crippen LogP contribution in [0.3, 0.4) is 0 Å². The van der Waals surface area contributed by atoms with Crippen molar-refractivity contribution in [2.45, 2.75) is 59.2 Å². The zero-order chi connectivity index (χ0) is 14.5. The van der Waals surface area contributed by atoms with Crippen LogP contribution >= 0.6 is 0 Å². The Kier molecular flexibility index (Phi) is 6.02. The summed E-state index contributed by atoms with van der Waals surface area (Å²) in [6.45, 7) is 13.1. The van der Waals surface area contributed by atoms with Crippen molar-refractivity contribution >= 4 is 0 Å². The lowest BCUT2D eigenvalue weighted by Crippen LogP contribution is -2.37. The average Bonchev–Trinajstić information content (AvgIpc) is 2.29. The molecule has 108 valence electrons. The van der Waals surface area contributed by atoms with Crippen LogP contribution in [0.25, 0.3) is 0 Å². The first-order chi connectivity index (χ1) is 8.78. The van der Waals surface area contributed by atoms with E-state index in [-0.39, 0.29) is 5.54 Å². The van der Waals surface area contributed by atoms with Crippen molar-refractivity contribution in [2.75, 3.05) is 13.6 Å². The first kappa shape index (κ1) is 16.2. The fourth-order valence-corrected chi connectivity index (χ4v) is 1.86. The van der Waals surface area contributed by atoms with Crippen LogP contribution < -0.4 is 5.32 Å². The Balaban J connectivity index is 2.43. The lowest BCUT2D eigenvalue weighted by molar-refractivity contribution is 0.266. The molecule has 2 heteroatoms. The van der Waals surface area contributed by atoms with Gasteiger partial charge < -0.3 is 5.32 Å². The van der Waals surface area contributed by atoms with Gasteiger partial charge in [-0.2, -0.15) is 0 Å².